The number of hydrogen-bond donors (Lipinski definition) is 0. The molecule has 1 amide bonds. The predicted octanol–water partition coefficient (Wildman–Crippen LogP) is 2.65. The summed E-state index contributed by atoms with van der Waals surface area (Å²) in [6, 6.07) is 2.16. The number of carbonyl (C=O) groups is 1. The molecule has 1 aromatic heterocycles. The van der Waals surface area contributed by atoms with Crippen LogP contribution in [0.15, 0.2) is 11.4 Å². The molecule has 0 saturated heterocycles. The van der Waals surface area contributed by atoms with Gasteiger partial charge in [0.1, 0.15) is 5.88 Å². The Morgan fingerprint density at radius 2 is 2.40 bits per heavy atom. The van der Waals surface area contributed by atoms with Gasteiger partial charge in [-0.25, -0.2) is 0 Å². The van der Waals surface area contributed by atoms with Crippen LogP contribution in [0.2, 0.25) is 0 Å². The molecule has 2 heterocycles. The highest BCUT2D eigenvalue weighted by Gasteiger charge is 2.35. The first-order valence-electron chi connectivity index (χ1n) is 4.96. The summed E-state index contributed by atoms with van der Waals surface area (Å²) in [4.78, 5) is 14.9. The molecule has 0 fully saturated rings. The largest absolute Gasteiger partial charge is 0.331 e. The van der Waals surface area contributed by atoms with Crippen LogP contribution in [0.3, 0.4) is 0 Å². The number of hydrogen-bond acceptors (Lipinski definition) is 2. The summed E-state index contributed by atoms with van der Waals surface area (Å²) in [5.41, 5.74) is 1.27. The Labute approximate surface area is 98.8 Å². The molecule has 0 radical (unpaired) electrons. The Bertz CT molecular complexity index is 386. The third-order valence-electron chi connectivity index (χ3n) is 2.91. The molecule has 0 aromatic carbocycles. The third-order valence-corrected chi connectivity index (χ3v) is 4.09. The SMILES string of the molecule is CC1(C)Cc2ccsc2CN1C(=O)CCl. The molecule has 0 aliphatic carbocycles. The Morgan fingerprint density at radius 1 is 1.67 bits per heavy atom. The topological polar surface area (TPSA) is 20.3 Å². The van der Waals surface area contributed by atoms with Crippen LogP contribution in [-0.4, -0.2) is 22.2 Å². The van der Waals surface area contributed by atoms with Gasteiger partial charge in [0.2, 0.25) is 5.91 Å². The average Bonchev–Trinajstić information content (AvgIpc) is 2.60. The van der Waals surface area contributed by atoms with Gasteiger partial charge in [0, 0.05) is 10.4 Å². The maximum Gasteiger partial charge on any atom is 0.238 e. The van der Waals surface area contributed by atoms with Crippen molar-refractivity contribution in [2.75, 3.05) is 5.88 Å². The van der Waals surface area contributed by atoms with E-state index in [4.69, 9.17) is 11.6 Å². The second-order valence-corrected chi connectivity index (χ2v) is 5.74. The molecular weight excluding hydrogens is 230 g/mol. The molecule has 0 spiro atoms. The minimum Gasteiger partial charge on any atom is -0.331 e. The molecule has 1 aliphatic heterocycles. The fraction of sp³-hybridized carbons (Fsp3) is 0.545. The first-order valence-corrected chi connectivity index (χ1v) is 6.38. The highest BCUT2D eigenvalue weighted by molar-refractivity contribution is 7.10. The Balaban J connectivity index is 2.32. The number of thiophene rings is 1. The molecule has 0 atom stereocenters. The van der Waals surface area contributed by atoms with Crippen molar-refractivity contribution in [1.82, 2.24) is 4.90 Å². The van der Waals surface area contributed by atoms with Crippen LogP contribution in [0.5, 0.6) is 0 Å². The molecule has 0 N–H and O–H groups in total. The second kappa shape index (κ2) is 3.80. The van der Waals surface area contributed by atoms with Crippen LogP contribution < -0.4 is 0 Å². The van der Waals surface area contributed by atoms with Crippen molar-refractivity contribution in [1.29, 1.82) is 0 Å². The van der Waals surface area contributed by atoms with E-state index in [1.807, 2.05) is 4.90 Å². The molecule has 1 aromatic rings. The lowest BCUT2D eigenvalue weighted by atomic mass is 9.89. The van der Waals surface area contributed by atoms with Crippen LogP contribution in [0.1, 0.15) is 24.3 Å². The summed E-state index contributed by atoms with van der Waals surface area (Å²) in [6.45, 7) is 4.90. The second-order valence-electron chi connectivity index (χ2n) is 4.47. The minimum atomic E-state index is -0.111. The lowest BCUT2D eigenvalue weighted by molar-refractivity contribution is -0.135. The fourth-order valence-corrected chi connectivity index (χ4v) is 3.12. The molecular formula is C11H14ClNOS. The van der Waals surface area contributed by atoms with Crippen LogP contribution >= 0.6 is 22.9 Å². The highest BCUT2D eigenvalue weighted by atomic mass is 35.5. The smallest absolute Gasteiger partial charge is 0.238 e. The molecule has 82 valence electrons. The summed E-state index contributed by atoms with van der Waals surface area (Å²) in [5, 5.41) is 2.09. The van der Waals surface area contributed by atoms with Gasteiger partial charge in [-0.05, 0) is 37.3 Å². The van der Waals surface area contributed by atoms with E-state index in [0.29, 0.717) is 6.54 Å². The van der Waals surface area contributed by atoms with Gasteiger partial charge in [0.15, 0.2) is 0 Å². The van der Waals surface area contributed by atoms with Crippen molar-refractivity contribution in [2.45, 2.75) is 32.4 Å². The quantitative estimate of drug-likeness (QED) is 0.695. The molecule has 15 heavy (non-hydrogen) atoms. The molecule has 0 bridgehead atoms. The molecule has 0 unspecified atom stereocenters. The van der Waals surface area contributed by atoms with Crippen LogP contribution in [0.4, 0.5) is 0 Å². The van der Waals surface area contributed by atoms with Crippen molar-refractivity contribution in [2.24, 2.45) is 0 Å². The third kappa shape index (κ3) is 1.91. The van der Waals surface area contributed by atoms with Gasteiger partial charge < -0.3 is 4.90 Å². The van der Waals surface area contributed by atoms with E-state index in [-0.39, 0.29) is 17.3 Å². The number of alkyl halides is 1. The molecule has 1 aliphatic rings. The summed E-state index contributed by atoms with van der Waals surface area (Å²) in [6.07, 6.45) is 0.925. The number of amides is 1. The zero-order chi connectivity index (χ0) is 11.1. The zero-order valence-corrected chi connectivity index (χ0v) is 10.5. The van der Waals surface area contributed by atoms with E-state index in [0.717, 1.165) is 6.42 Å². The summed E-state index contributed by atoms with van der Waals surface area (Å²) in [7, 11) is 0. The van der Waals surface area contributed by atoms with E-state index < -0.39 is 0 Å². The summed E-state index contributed by atoms with van der Waals surface area (Å²) in [5.74, 6) is 0.102. The van der Waals surface area contributed by atoms with Crippen molar-refractivity contribution >= 4 is 28.8 Å². The van der Waals surface area contributed by atoms with Gasteiger partial charge in [-0.1, -0.05) is 0 Å². The van der Waals surface area contributed by atoms with Gasteiger partial charge in [-0.2, -0.15) is 0 Å². The van der Waals surface area contributed by atoms with Crippen molar-refractivity contribution < 1.29 is 4.79 Å². The van der Waals surface area contributed by atoms with Crippen LogP contribution in [-0.2, 0) is 17.8 Å². The number of halogens is 1. The standard InChI is InChI=1S/C11H14ClNOS/c1-11(2)5-8-3-4-15-9(8)7-13(11)10(14)6-12/h3-4H,5-7H2,1-2H3. The minimum absolute atomic E-state index is 0.0284. The van der Waals surface area contributed by atoms with Crippen molar-refractivity contribution in [3.05, 3.63) is 21.9 Å². The van der Waals surface area contributed by atoms with E-state index in [9.17, 15) is 4.79 Å². The lowest BCUT2D eigenvalue weighted by Gasteiger charge is -2.42. The molecule has 2 rings (SSSR count). The molecule has 0 saturated carbocycles. The predicted molar refractivity (Wildman–Crippen MR) is 63.4 cm³/mol. The number of carbonyl (C=O) groups excluding carboxylic acids is 1. The van der Waals surface area contributed by atoms with Crippen LogP contribution in [0, 0.1) is 0 Å². The van der Waals surface area contributed by atoms with Crippen molar-refractivity contribution in [3.63, 3.8) is 0 Å². The molecule has 2 nitrogen and oxygen atoms in total. The summed E-state index contributed by atoms with van der Waals surface area (Å²) < 4.78 is 0. The first-order chi connectivity index (χ1) is 7.04. The first kappa shape index (κ1) is 11.0. The number of nitrogens with zero attached hydrogens (tertiary/aromatic N) is 1. The van der Waals surface area contributed by atoms with E-state index in [1.54, 1.807) is 11.3 Å². The summed E-state index contributed by atoms with van der Waals surface area (Å²) >= 11 is 7.35. The molecule has 4 heteroatoms. The zero-order valence-electron chi connectivity index (χ0n) is 8.92. The van der Waals surface area contributed by atoms with Gasteiger partial charge in [-0.15, -0.1) is 22.9 Å². The normalized spacial score (nSPS) is 18.7. The maximum atomic E-state index is 11.7. The number of fused-ring (bicyclic) bond motifs is 1. The van der Waals surface area contributed by atoms with Crippen LogP contribution in [0.25, 0.3) is 0 Å². The van der Waals surface area contributed by atoms with Gasteiger partial charge in [0.05, 0.1) is 6.54 Å². The highest BCUT2D eigenvalue weighted by Crippen LogP contribution is 2.33. The lowest BCUT2D eigenvalue weighted by Crippen LogP contribution is -2.51. The van der Waals surface area contributed by atoms with Gasteiger partial charge in [-0.3, -0.25) is 4.79 Å². The van der Waals surface area contributed by atoms with Gasteiger partial charge >= 0.3 is 0 Å². The Kier molecular flexibility index (Phi) is 2.77. The van der Waals surface area contributed by atoms with E-state index in [1.165, 1.54) is 10.4 Å². The Hall–Kier alpha value is -0.540. The monoisotopic (exact) mass is 243 g/mol. The van der Waals surface area contributed by atoms with E-state index >= 15 is 0 Å². The Morgan fingerprint density at radius 3 is 3.07 bits per heavy atom. The number of rotatable bonds is 1. The fourth-order valence-electron chi connectivity index (χ4n) is 2.08. The maximum absolute atomic E-state index is 11.7. The van der Waals surface area contributed by atoms with Gasteiger partial charge in [0.25, 0.3) is 0 Å². The van der Waals surface area contributed by atoms with Crippen molar-refractivity contribution in [3.8, 4) is 0 Å². The van der Waals surface area contributed by atoms with E-state index in [2.05, 4.69) is 25.3 Å². The average molecular weight is 244 g/mol.